The SMILES string of the molecule is CCOC(=O)c1cc(C#N)c(N2CCC(C(=O)NS(=O)(=O)c3cccc(C#N)c3)CC2)nc1C(F)F. The Labute approximate surface area is 206 Å². The number of nitriles is 2. The van der Waals surface area contributed by atoms with Crippen LogP contribution in [0.25, 0.3) is 0 Å². The fourth-order valence-electron chi connectivity index (χ4n) is 3.74. The maximum atomic E-state index is 13.6. The number of anilines is 1. The zero-order valence-corrected chi connectivity index (χ0v) is 19.9. The number of aromatic nitrogens is 1. The molecule has 0 saturated carbocycles. The number of hydrogen-bond donors (Lipinski definition) is 1. The van der Waals surface area contributed by atoms with Crippen molar-refractivity contribution in [2.45, 2.75) is 31.1 Å². The number of rotatable bonds is 7. The topological polar surface area (TPSA) is 153 Å². The van der Waals surface area contributed by atoms with Gasteiger partial charge in [-0.25, -0.2) is 31.7 Å². The number of nitrogens with one attached hydrogen (secondary N) is 1. The van der Waals surface area contributed by atoms with Gasteiger partial charge in [-0.15, -0.1) is 0 Å². The van der Waals surface area contributed by atoms with E-state index >= 15 is 0 Å². The molecule has 1 aromatic heterocycles. The quantitative estimate of drug-likeness (QED) is 0.546. The summed E-state index contributed by atoms with van der Waals surface area (Å²) >= 11 is 0. The predicted molar refractivity (Wildman–Crippen MR) is 121 cm³/mol. The predicted octanol–water partition coefficient (Wildman–Crippen LogP) is 2.66. The van der Waals surface area contributed by atoms with Crippen LogP contribution in [0.5, 0.6) is 0 Å². The lowest BCUT2D eigenvalue weighted by atomic mass is 9.96. The molecule has 2 heterocycles. The van der Waals surface area contributed by atoms with E-state index in [4.69, 9.17) is 10.00 Å². The van der Waals surface area contributed by atoms with Crippen molar-refractivity contribution in [3.8, 4) is 12.1 Å². The maximum absolute atomic E-state index is 13.6. The molecular weight excluding hydrogens is 496 g/mol. The van der Waals surface area contributed by atoms with E-state index < -0.39 is 45.5 Å². The van der Waals surface area contributed by atoms with Crippen LogP contribution in [0, 0.1) is 28.6 Å². The molecule has 1 saturated heterocycles. The third kappa shape index (κ3) is 5.75. The summed E-state index contributed by atoms with van der Waals surface area (Å²) in [5.74, 6) is -2.51. The highest BCUT2D eigenvalue weighted by Crippen LogP contribution is 2.30. The van der Waals surface area contributed by atoms with Gasteiger partial charge >= 0.3 is 5.97 Å². The number of hydrogen-bond acceptors (Lipinski definition) is 9. The minimum absolute atomic E-state index is 0.0415. The van der Waals surface area contributed by atoms with Gasteiger partial charge < -0.3 is 9.64 Å². The summed E-state index contributed by atoms with van der Waals surface area (Å²) < 4.78 is 59.1. The number of carbonyl (C=O) groups is 2. The van der Waals surface area contributed by atoms with E-state index in [1.807, 2.05) is 16.9 Å². The number of amides is 1. The molecule has 1 aliphatic heterocycles. The van der Waals surface area contributed by atoms with Crippen molar-refractivity contribution < 1.29 is 31.5 Å². The molecule has 0 aliphatic carbocycles. The molecule has 0 bridgehead atoms. The molecule has 36 heavy (non-hydrogen) atoms. The number of halogens is 2. The van der Waals surface area contributed by atoms with Gasteiger partial charge in [-0.2, -0.15) is 10.5 Å². The number of ether oxygens (including phenoxy) is 1. The van der Waals surface area contributed by atoms with E-state index in [0.717, 1.165) is 12.1 Å². The summed E-state index contributed by atoms with van der Waals surface area (Å²) in [6.45, 7) is 1.73. The van der Waals surface area contributed by atoms with Gasteiger partial charge in [0.05, 0.1) is 34.3 Å². The summed E-state index contributed by atoms with van der Waals surface area (Å²) in [5, 5.41) is 18.5. The van der Waals surface area contributed by atoms with Gasteiger partial charge in [-0.05, 0) is 44.0 Å². The van der Waals surface area contributed by atoms with Crippen molar-refractivity contribution >= 4 is 27.7 Å². The third-order valence-corrected chi connectivity index (χ3v) is 6.87. The van der Waals surface area contributed by atoms with Gasteiger partial charge in [-0.1, -0.05) is 6.07 Å². The Morgan fingerprint density at radius 2 is 1.92 bits per heavy atom. The molecule has 0 spiro atoms. The van der Waals surface area contributed by atoms with E-state index in [1.165, 1.54) is 30.0 Å². The Hall–Kier alpha value is -4.10. The summed E-state index contributed by atoms with van der Waals surface area (Å²) in [6.07, 6.45) is -2.77. The Morgan fingerprint density at radius 1 is 1.22 bits per heavy atom. The molecule has 0 radical (unpaired) electrons. The molecule has 1 N–H and O–H groups in total. The van der Waals surface area contributed by atoms with Crippen molar-refractivity contribution in [3.63, 3.8) is 0 Å². The molecule has 0 atom stereocenters. The minimum Gasteiger partial charge on any atom is -0.462 e. The lowest BCUT2D eigenvalue weighted by Gasteiger charge is -2.32. The third-order valence-electron chi connectivity index (χ3n) is 5.53. The van der Waals surface area contributed by atoms with Crippen molar-refractivity contribution in [2.75, 3.05) is 24.6 Å². The van der Waals surface area contributed by atoms with E-state index in [0.29, 0.717) is 0 Å². The first-order valence-electron chi connectivity index (χ1n) is 10.8. The van der Waals surface area contributed by atoms with Crippen molar-refractivity contribution in [1.82, 2.24) is 9.71 Å². The second-order valence-electron chi connectivity index (χ2n) is 7.80. The van der Waals surface area contributed by atoms with Crippen molar-refractivity contribution in [3.05, 3.63) is 52.7 Å². The van der Waals surface area contributed by atoms with Crippen LogP contribution < -0.4 is 9.62 Å². The van der Waals surface area contributed by atoms with Crippen LogP contribution in [-0.4, -0.2) is 45.0 Å². The second-order valence-corrected chi connectivity index (χ2v) is 9.48. The standard InChI is InChI=1S/C23H21F2N5O5S/c1-2-35-23(32)18-11-16(13-27)21(28-19(18)20(24)25)30-8-6-15(7-9-30)22(31)29-36(33,34)17-5-3-4-14(10-17)12-26/h3-5,10-11,15,20H,2,6-9H2,1H3,(H,29,31). The van der Waals surface area contributed by atoms with Crippen molar-refractivity contribution in [1.29, 1.82) is 10.5 Å². The summed E-state index contributed by atoms with van der Waals surface area (Å²) in [4.78, 5) is 29.9. The van der Waals surface area contributed by atoms with Gasteiger partial charge in [0.15, 0.2) is 0 Å². The van der Waals surface area contributed by atoms with Crippen LogP contribution in [0.4, 0.5) is 14.6 Å². The maximum Gasteiger partial charge on any atom is 0.340 e. The highest BCUT2D eigenvalue weighted by molar-refractivity contribution is 7.90. The molecule has 0 unspecified atom stereocenters. The monoisotopic (exact) mass is 517 g/mol. The molecule has 1 aliphatic rings. The number of nitrogens with zero attached hydrogens (tertiary/aromatic N) is 4. The fraction of sp³-hybridized carbons (Fsp3) is 0.348. The van der Waals surface area contributed by atoms with E-state index in [2.05, 4.69) is 4.98 Å². The number of carbonyl (C=O) groups excluding carboxylic acids is 2. The summed E-state index contributed by atoms with van der Waals surface area (Å²) in [6, 6.07) is 9.92. The van der Waals surface area contributed by atoms with E-state index in [-0.39, 0.29) is 54.4 Å². The van der Waals surface area contributed by atoms with Crippen LogP contribution in [-0.2, 0) is 19.6 Å². The van der Waals surface area contributed by atoms with Gasteiger partial charge in [0, 0.05) is 19.0 Å². The molecule has 1 amide bonds. The van der Waals surface area contributed by atoms with Crippen LogP contribution >= 0.6 is 0 Å². The zero-order valence-electron chi connectivity index (χ0n) is 19.1. The number of benzene rings is 1. The molecule has 2 aromatic rings. The number of alkyl halides is 2. The average molecular weight is 518 g/mol. The number of piperidine rings is 1. The highest BCUT2D eigenvalue weighted by atomic mass is 32.2. The van der Waals surface area contributed by atoms with Crippen LogP contribution in [0.3, 0.4) is 0 Å². The van der Waals surface area contributed by atoms with E-state index in [9.17, 15) is 32.0 Å². The molecule has 188 valence electrons. The van der Waals surface area contributed by atoms with E-state index in [1.54, 1.807) is 0 Å². The zero-order chi connectivity index (χ0) is 26.5. The van der Waals surface area contributed by atoms with Crippen molar-refractivity contribution in [2.24, 2.45) is 5.92 Å². The molecule has 13 heteroatoms. The lowest BCUT2D eigenvalue weighted by Crippen LogP contribution is -2.43. The molecule has 3 rings (SSSR count). The fourth-order valence-corrected chi connectivity index (χ4v) is 4.83. The molecular formula is C23H21F2N5O5S. The lowest BCUT2D eigenvalue weighted by molar-refractivity contribution is -0.123. The Bertz CT molecular complexity index is 1360. The van der Waals surface area contributed by atoms with Crippen LogP contribution in [0.2, 0.25) is 0 Å². The Kier molecular flexibility index (Phi) is 8.17. The van der Waals surface area contributed by atoms with Gasteiger partial charge in [0.25, 0.3) is 16.4 Å². The van der Waals surface area contributed by atoms with Gasteiger partial charge in [-0.3, -0.25) is 4.79 Å². The second kappa shape index (κ2) is 11.1. The first-order chi connectivity index (χ1) is 17.1. The first kappa shape index (κ1) is 26.5. The Morgan fingerprint density at radius 3 is 2.50 bits per heavy atom. The minimum atomic E-state index is -4.20. The van der Waals surface area contributed by atoms with Gasteiger partial charge in [0.2, 0.25) is 5.91 Å². The normalized spacial score (nSPS) is 14.1. The molecule has 1 fully saturated rings. The average Bonchev–Trinajstić information content (AvgIpc) is 2.87. The first-order valence-corrected chi connectivity index (χ1v) is 12.3. The molecule has 10 nitrogen and oxygen atoms in total. The largest absolute Gasteiger partial charge is 0.462 e. The highest BCUT2D eigenvalue weighted by Gasteiger charge is 2.31. The Balaban J connectivity index is 1.75. The van der Waals surface area contributed by atoms with Crippen LogP contribution in [0.15, 0.2) is 35.2 Å². The number of pyridine rings is 1. The smallest absolute Gasteiger partial charge is 0.340 e. The van der Waals surface area contributed by atoms with Crippen LogP contribution in [0.1, 0.15) is 53.4 Å². The van der Waals surface area contributed by atoms with Gasteiger partial charge in [0.1, 0.15) is 17.6 Å². The number of sulfonamides is 1. The summed E-state index contributed by atoms with van der Waals surface area (Å²) in [5.41, 5.74) is -1.29. The summed E-state index contributed by atoms with van der Waals surface area (Å²) in [7, 11) is -4.20. The number of esters is 1. The molecule has 1 aromatic carbocycles.